The van der Waals surface area contributed by atoms with Crippen molar-refractivity contribution >= 4 is 34.4 Å². The van der Waals surface area contributed by atoms with E-state index in [1.54, 1.807) is 35.9 Å². The zero-order valence-electron chi connectivity index (χ0n) is 17.3. The molecule has 0 bridgehead atoms. The third kappa shape index (κ3) is 4.51. The highest BCUT2D eigenvalue weighted by atomic mass is 32.2. The molecule has 3 aromatic rings. The normalized spacial score (nSPS) is 14.7. The highest BCUT2D eigenvalue weighted by Crippen LogP contribution is 2.27. The summed E-state index contributed by atoms with van der Waals surface area (Å²) in [6.07, 6.45) is 3.67. The summed E-state index contributed by atoms with van der Waals surface area (Å²) in [6.45, 7) is 1.94. The third-order valence-electron chi connectivity index (χ3n) is 5.66. The number of rotatable bonds is 6. The lowest BCUT2D eigenvalue weighted by atomic mass is 10.1. The number of ketones is 1. The van der Waals surface area contributed by atoms with Gasteiger partial charge in [-0.2, -0.15) is 11.8 Å². The van der Waals surface area contributed by atoms with Crippen molar-refractivity contribution in [1.29, 1.82) is 0 Å². The average Bonchev–Trinajstić information content (AvgIpc) is 3.14. The second kappa shape index (κ2) is 9.22. The summed E-state index contributed by atoms with van der Waals surface area (Å²) in [5, 5.41) is 3.30. The average molecular weight is 443 g/mol. The zero-order valence-corrected chi connectivity index (χ0v) is 18.1. The van der Waals surface area contributed by atoms with Gasteiger partial charge in [-0.1, -0.05) is 19.1 Å². The Hall–Kier alpha value is -2.67. The van der Waals surface area contributed by atoms with Gasteiger partial charge in [-0.05, 0) is 54.2 Å². The van der Waals surface area contributed by atoms with Gasteiger partial charge in [0.15, 0.2) is 5.78 Å². The van der Waals surface area contributed by atoms with Gasteiger partial charge in [0, 0.05) is 30.6 Å². The number of nitrogens with zero attached hydrogens (tertiary/aromatic N) is 1. The third-order valence-corrected chi connectivity index (χ3v) is 6.71. The lowest BCUT2D eigenvalue weighted by molar-refractivity contribution is 0.0934. The summed E-state index contributed by atoms with van der Waals surface area (Å²) in [7, 11) is 0. The van der Waals surface area contributed by atoms with Crippen LogP contribution in [0.3, 0.4) is 0 Å². The first-order chi connectivity index (χ1) is 15.0. The molecular formula is C24H24F2N2O2S. The van der Waals surface area contributed by atoms with E-state index in [1.165, 1.54) is 18.2 Å². The van der Waals surface area contributed by atoms with Gasteiger partial charge in [0.25, 0.3) is 5.91 Å². The maximum Gasteiger partial charge on any atom is 0.253 e. The fourth-order valence-electron chi connectivity index (χ4n) is 3.99. The van der Waals surface area contributed by atoms with Crippen molar-refractivity contribution in [1.82, 2.24) is 9.88 Å². The number of carbonyl (C=O) groups excluding carboxylic acids is 2. The van der Waals surface area contributed by atoms with Crippen LogP contribution in [0.1, 0.15) is 52.5 Å². The summed E-state index contributed by atoms with van der Waals surface area (Å²) in [6, 6.07) is 9.28. The molecule has 2 heterocycles. The van der Waals surface area contributed by atoms with Gasteiger partial charge in [-0.3, -0.25) is 9.59 Å². The second-order valence-electron chi connectivity index (χ2n) is 7.76. The number of benzene rings is 2. The predicted octanol–water partition coefficient (Wildman–Crippen LogP) is 5.19. The Kier molecular flexibility index (Phi) is 6.41. The summed E-state index contributed by atoms with van der Waals surface area (Å²) in [5.41, 5.74) is 1.55. The van der Waals surface area contributed by atoms with Gasteiger partial charge in [0.2, 0.25) is 0 Å². The fourth-order valence-corrected chi connectivity index (χ4v) is 5.09. The minimum Gasteiger partial charge on any atom is -0.349 e. The highest BCUT2D eigenvalue weighted by molar-refractivity contribution is 7.99. The van der Waals surface area contributed by atoms with E-state index < -0.39 is 11.6 Å². The number of amides is 1. The number of halogens is 2. The molecule has 1 aliphatic rings. The van der Waals surface area contributed by atoms with Crippen molar-refractivity contribution in [3.8, 4) is 0 Å². The number of hydrogen-bond donors (Lipinski definition) is 1. The Balaban J connectivity index is 1.66. The number of aromatic nitrogens is 1. The summed E-state index contributed by atoms with van der Waals surface area (Å²) >= 11 is 1.87. The second-order valence-corrected chi connectivity index (χ2v) is 8.98. The van der Waals surface area contributed by atoms with Crippen LogP contribution in [0, 0.1) is 11.6 Å². The maximum absolute atomic E-state index is 14.7. The topological polar surface area (TPSA) is 51.1 Å². The Morgan fingerprint density at radius 3 is 2.58 bits per heavy atom. The van der Waals surface area contributed by atoms with E-state index in [4.69, 9.17) is 0 Å². The van der Waals surface area contributed by atoms with Crippen molar-refractivity contribution < 1.29 is 18.4 Å². The molecule has 0 spiro atoms. The molecule has 4 nitrogen and oxygen atoms in total. The molecule has 1 aliphatic heterocycles. The van der Waals surface area contributed by atoms with E-state index in [0.717, 1.165) is 24.3 Å². The van der Waals surface area contributed by atoms with Gasteiger partial charge in [0.1, 0.15) is 11.6 Å². The largest absolute Gasteiger partial charge is 0.349 e. The molecule has 0 radical (unpaired) electrons. The Bertz CT molecular complexity index is 1140. The first kappa shape index (κ1) is 21.6. The number of nitrogens with one attached hydrogen (secondary N) is 1. The van der Waals surface area contributed by atoms with Crippen LogP contribution in [0.4, 0.5) is 8.78 Å². The number of thioether (sulfide) groups is 1. The lowest BCUT2D eigenvalue weighted by Crippen LogP contribution is -2.37. The molecule has 1 N–H and O–H groups in total. The molecule has 0 atom stereocenters. The Labute approximate surface area is 184 Å². The van der Waals surface area contributed by atoms with Crippen LogP contribution in [0.5, 0.6) is 0 Å². The molecule has 0 unspecified atom stereocenters. The molecule has 1 fully saturated rings. The summed E-state index contributed by atoms with van der Waals surface area (Å²) in [5.74, 6) is 0.431. The van der Waals surface area contributed by atoms with Crippen LogP contribution in [0.25, 0.3) is 10.9 Å². The van der Waals surface area contributed by atoms with Crippen LogP contribution in [0.2, 0.25) is 0 Å². The van der Waals surface area contributed by atoms with E-state index in [-0.39, 0.29) is 47.2 Å². The van der Waals surface area contributed by atoms with Gasteiger partial charge in [-0.15, -0.1) is 0 Å². The minimum atomic E-state index is -0.569. The number of carbonyl (C=O) groups is 2. The van der Waals surface area contributed by atoms with Crippen LogP contribution >= 0.6 is 11.8 Å². The summed E-state index contributed by atoms with van der Waals surface area (Å²) in [4.78, 5) is 24.8. The number of hydrogen-bond acceptors (Lipinski definition) is 3. The summed E-state index contributed by atoms with van der Waals surface area (Å²) < 4.78 is 30.8. The van der Waals surface area contributed by atoms with Crippen LogP contribution in [-0.4, -0.2) is 33.8 Å². The van der Waals surface area contributed by atoms with Crippen LogP contribution in [0.15, 0.2) is 42.6 Å². The Morgan fingerprint density at radius 1 is 1.10 bits per heavy atom. The zero-order chi connectivity index (χ0) is 22.0. The highest BCUT2D eigenvalue weighted by Gasteiger charge is 2.22. The standard InChI is InChI=1S/C24H24F2N2O2S/c1-2-22(29)17-7-6-15(12-20(17)26)13-28-14-18(23-19(25)4-3-5-21(23)28)24(30)27-16-8-10-31-11-9-16/h3-7,12,14,16H,2,8-11,13H2,1H3,(H,27,30). The van der Waals surface area contributed by atoms with Crippen molar-refractivity contribution in [2.24, 2.45) is 0 Å². The molecule has 162 valence electrons. The monoisotopic (exact) mass is 442 g/mol. The predicted molar refractivity (Wildman–Crippen MR) is 120 cm³/mol. The fraction of sp³-hybridized carbons (Fsp3) is 0.333. The van der Waals surface area contributed by atoms with Gasteiger partial charge < -0.3 is 9.88 Å². The van der Waals surface area contributed by atoms with E-state index in [9.17, 15) is 18.4 Å². The lowest BCUT2D eigenvalue weighted by Gasteiger charge is -2.22. The van der Waals surface area contributed by atoms with E-state index >= 15 is 0 Å². The van der Waals surface area contributed by atoms with Gasteiger partial charge >= 0.3 is 0 Å². The van der Waals surface area contributed by atoms with E-state index in [1.807, 2.05) is 11.8 Å². The molecule has 1 amide bonds. The Morgan fingerprint density at radius 2 is 1.87 bits per heavy atom. The van der Waals surface area contributed by atoms with Crippen molar-refractivity contribution in [3.05, 3.63) is 70.9 Å². The maximum atomic E-state index is 14.7. The SMILES string of the molecule is CCC(=O)c1ccc(Cn2cc(C(=O)NC3CCSCC3)c3c(F)cccc32)cc1F. The quantitative estimate of drug-likeness (QED) is 0.535. The van der Waals surface area contributed by atoms with Crippen molar-refractivity contribution in [2.45, 2.75) is 38.8 Å². The van der Waals surface area contributed by atoms with Crippen LogP contribution < -0.4 is 5.32 Å². The molecule has 7 heteroatoms. The molecule has 0 aliphatic carbocycles. The van der Waals surface area contributed by atoms with E-state index in [0.29, 0.717) is 11.1 Å². The molecule has 1 aromatic heterocycles. The molecule has 1 saturated heterocycles. The van der Waals surface area contributed by atoms with Gasteiger partial charge in [0.05, 0.1) is 16.6 Å². The number of Topliss-reactive ketones (excluding diaryl/α,β-unsaturated/α-hetero) is 1. The number of fused-ring (bicyclic) bond motifs is 1. The smallest absolute Gasteiger partial charge is 0.253 e. The van der Waals surface area contributed by atoms with Crippen molar-refractivity contribution in [2.75, 3.05) is 11.5 Å². The molecular weight excluding hydrogens is 418 g/mol. The minimum absolute atomic E-state index is 0.0698. The molecule has 0 saturated carbocycles. The first-order valence-corrected chi connectivity index (χ1v) is 11.6. The first-order valence-electron chi connectivity index (χ1n) is 10.5. The van der Waals surface area contributed by atoms with E-state index in [2.05, 4.69) is 5.32 Å². The van der Waals surface area contributed by atoms with Gasteiger partial charge in [-0.25, -0.2) is 8.78 Å². The molecule has 4 rings (SSSR count). The molecule has 31 heavy (non-hydrogen) atoms. The van der Waals surface area contributed by atoms with Crippen LogP contribution in [-0.2, 0) is 6.54 Å². The molecule has 2 aromatic carbocycles. The van der Waals surface area contributed by atoms with Crippen molar-refractivity contribution in [3.63, 3.8) is 0 Å².